The van der Waals surface area contributed by atoms with Crippen molar-refractivity contribution in [2.45, 2.75) is 51.2 Å². The summed E-state index contributed by atoms with van der Waals surface area (Å²) in [7, 11) is 0. The number of aromatic nitrogens is 4. The second-order valence-electron chi connectivity index (χ2n) is 6.43. The Balaban J connectivity index is 1.82. The zero-order valence-electron chi connectivity index (χ0n) is 14.8. The molecule has 0 aliphatic heterocycles. The fourth-order valence-electron chi connectivity index (χ4n) is 2.36. The minimum absolute atomic E-state index is 0.00676. The van der Waals surface area contributed by atoms with Crippen LogP contribution in [0.3, 0.4) is 0 Å². The molecule has 25 heavy (non-hydrogen) atoms. The smallest absolute Gasteiger partial charge is 0.230 e. The topological polar surface area (TPSA) is 72.7 Å². The van der Waals surface area contributed by atoms with E-state index in [1.807, 2.05) is 19.1 Å². The Kier molecular flexibility index (Phi) is 7.71. The zero-order chi connectivity index (χ0) is 18.2. The van der Waals surface area contributed by atoms with Crippen molar-refractivity contribution >= 4 is 29.3 Å². The summed E-state index contributed by atoms with van der Waals surface area (Å²) < 4.78 is 1.60. The standard InChI is InChI=1S/C17H24ClN5OS/c1-12(2)5-4-6-13(3)19-16(24)11-25-17-20-21-22-23(17)15-9-7-14(18)8-10-15/h7-10,12-13H,4-6,11H2,1-3H3,(H,19,24)/t13-/m1/s1. The van der Waals surface area contributed by atoms with Crippen molar-refractivity contribution in [1.29, 1.82) is 0 Å². The summed E-state index contributed by atoms with van der Waals surface area (Å²) in [4.78, 5) is 12.1. The van der Waals surface area contributed by atoms with Crippen LogP contribution >= 0.6 is 23.4 Å². The Bertz CT molecular complexity index is 674. The molecule has 0 radical (unpaired) electrons. The maximum Gasteiger partial charge on any atom is 0.230 e. The minimum Gasteiger partial charge on any atom is -0.353 e. The van der Waals surface area contributed by atoms with Crippen LogP contribution in [0, 0.1) is 5.92 Å². The fourth-order valence-corrected chi connectivity index (χ4v) is 3.19. The van der Waals surface area contributed by atoms with E-state index in [0.29, 0.717) is 16.1 Å². The quantitative estimate of drug-likeness (QED) is 0.670. The van der Waals surface area contributed by atoms with E-state index >= 15 is 0 Å². The number of carbonyl (C=O) groups excluding carboxylic acids is 1. The molecule has 1 heterocycles. The molecule has 2 aromatic rings. The molecular weight excluding hydrogens is 358 g/mol. The molecule has 0 spiro atoms. The van der Waals surface area contributed by atoms with E-state index in [4.69, 9.17) is 11.6 Å². The van der Waals surface area contributed by atoms with E-state index in [2.05, 4.69) is 34.7 Å². The summed E-state index contributed by atoms with van der Waals surface area (Å²) in [5, 5.41) is 15.9. The van der Waals surface area contributed by atoms with Gasteiger partial charge < -0.3 is 5.32 Å². The number of hydrogen-bond donors (Lipinski definition) is 1. The molecule has 2 rings (SSSR count). The van der Waals surface area contributed by atoms with Gasteiger partial charge >= 0.3 is 0 Å². The van der Waals surface area contributed by atoms with Gasteiger partial charge in [0, 0.05) is 11.1 Å². The lowest BCUT2D eigenvalue weighted by Crippen LogP contribution is -2.33. The van der Waals surface area contributed by atoms with Crippen LogP contribution in [0.25, 0.3) is 5.69 Å². The van der Waals surface area contributed by atoms with Gasteiger partial charge in [-0.05, 0) is 54.0 Å². The number of nitrogens with zero attached hydrogens (tertiary/aromatic N) is 4. The molecule has 0 aliphatic rings. The first kappa shape index (κ1) is 19.7. The SMILES string of the molecule is CC(C)CCC[C@@H](C)NC(=O)CSc1nnnn1-c1ccc(Cl)cc1. The molecular formula is C17H24ClN5OS. The first-order valence-corrected chi connectivity index (χ1v) is 9.78. The van der Waals surface area contributed by atoms with Gasteiger partial charge in [0.25, 0.3) is 0 Å². The number of benzene rings is 1. The Morgan fingerprint density at radius 2 is 1.96 bits per heavy atom. The predicted octanol–water partition coefficient (Wildman–Crippen LogP) is 3.74. The summed E-state index contributed by atoms with van der Waals surface area (Å²) >= 11 is 7.21. The summed E-state index contributed by atoms with van der Waals surface area (Å²) in [6.07, 6.45) is 3.31. The molecule has 6 nitrogen and oxygen atoms in total. The van der Waals surface area contributed by atoms with Gasteiger partial charge in [0.05, 0.1) is 11.4 Å². The maximum atomic E-state index is 12.1. The van der Waals surface area contributed by atoms with Crippen molar-refractivity contribution in [3.8, 4) is 5.69 Å². The molecule has 1 aromatic carbocycles. The molecule has 0 bridgehead atoms. The van der Waals surface area contributed by atoms with Crippen molar-refractivity contribution < 1.29 is 4.79 Å². The maximum absolute atomic E-state index is 12.1. The molecule has 1 N–H and O–H groups in total. The summed E-state index contributed by atoms with van der Waals surface area (Å²) in [6.45, 7) is 6.47. The molecule has 1 atom stereocenters. The lowest BCUT2D eigenvalue weighted by atomic mass is 10.0. The van der Waals surface area contributed by atoms with Crippen molar-refractivity contribution in [2.75, 3.05) is 5.75 Å². The molecule has 0 saturated carbocycles. The van der Waals surface area contributed by atoms with Gasteiger partial charge in [-0.25, -0.2) is 0 Å². The number of thioether (sulfide) groups is 1. The van der Waals surface area contributed by atoms with E-state index in [9.17, 15) is 4.79 Å². The van der Waals surface area contributed by atoms with Gasteiger partial charge in [-0.3, -0.25) is 4.79 Å². The number of tetrazole rings is 1. The highest BCUT2D eigenvalue weighted by atomic mass is 35.5. The van der Waals surface area contributed by atoms with Crippen LogP contribution in [-0.2, 0) is 4.79 Å². The molecule has 1 amide bonds. The lowest BCUT2D eigenvalue weighted by Gasteiger charge is -2.14. The molecule has 8 heteroatoms. The van der Waals surface area contributed by atoms with Crippen LogP contribution in [0.4, 0.5) is 0 Å². The first-order chi connectivity index (χ1) is 12.0. The van der Waals surface area contributed by atoms with Gasteiger partial charge in [0.2, 0.25) is 11.1 Å². The third kappa shape index (κ3) is 6.66. The van der Waals surface area contributed by atoms with Crippen LogP contribution in [0.15, 0.2) is 29.4 Å². The average Bonchev–Trinajstić information content (AvgIpc) is 3.01. The highest BCUT2D eigenvalue weighted by molar-refractivity contribution is 7.99. The number of amides is 1. The second kappa shape index (κ2) is 9.77. The third-order valence-corrected chi connectivity index (χ3v) is 4.84. The number of rotatable bonds is 9. The Hall–Kier alpha value is -1.60. The van der Waals surface area contributed by atoms with E-state index in [0.717, 1.165) is 18.5 Å². The molecule has 136 valence electrons. The van der Waals surface area contributed by atoms with Crippen molar-refractivity contribution in [2.24, 2.45) is 5.92 Å². The van der Waals surface area contributed by atoms with Gasteiger partial charge in [-0.1, -0.05) is 50.1 Å². The Morgan fingerprint density at radius 3 is 2.64 bits per heavy atom. The molecule has 0 aliphatic carbocycles. The Labute approximate surface area is 157 Å². The number of nitrogens with one attached hydrogen (secondary N) is 1. The van der Waals surface area contributed by atoms with Crippen molar-refractivity contribution in [3.63, 3.8) is 0 Å². The predicted molar refractivity (Wildman–Crippen MR) is 101 cm³/mol. The summed E-state index contributed by atoms with van der Waals surface area (Å²) in [5.41, 5.74) is 0.805. The number of carbonyl (C=O) groups is 1. The normalized spacial score (nSPS) is 12.4. The van der Waals surface area contributed by atoms with E-state index in [1.54, 1.807) is 16.8 Å². The van der Waals surface area contributed by atoms with E-state index in [-0.39, 0.29) is 17.7 Å². The van der Waals surface area contributed by atoms with Gasteiger partial charge in [-0.2, -0.15) is 4.68 Å². The zero-order valence-corrected chi connectivity index (χ0v) is 16.3. The fraction of sp³-hybridized carbons (Fsp3) is 0.529. The van der Waals surface area contributed by atoms with Crippen LogP contribution < -0.4 is 5.32 Å². The van der Waals surface area contributed by atoms with Crippen LogP contribution in [0.1, 0.15) is 40.0 Å². The first-order valence-electron chi connectivity index (χ1n) is 8.42. The van der Waals surface area contributed by atoms with Crippen LogP contribution in [0.5, 0.6) is 0 Å². The van der Waals surface area contributed by atoms with E-state index in [1.165, 1.54) is 18.2 Å². The minimum atomic E-state index is -0.00676. The van der Waals surface area contributed by atoms with Gasteiger partial charge in [0.15, 0.2) is 0 Å². The van der Waals surface area contributed by atoms with Crippen LogP contribution in [-0.4, -0.2) is 37.9 Å². The van der Waals surface area contributed by atoms with E-state index < -0.39 is 0 Å². The number of halogens is 1. The summed E-state index contributed by atoms with van der Waals surface area (Å²) in [5.74, 6) is 0.973. The second-order valence-corrected chi connectivity index (χ2v) is 7.81. The lowest BCUT2D eigenvalue weighted by molar-refractivity contribution is -0.119. The largest absolute Gasteiger partial charge is 0.353 e. The van der Waals surface area contributed by atoms with Crippen molar-refractivity contribution in [3.05, 3.63) is 29.3 Å². The monoisotopic (exact) mass is 381 g/mol. The molecule has 0 unspecified atom stereocenters. The third-order valence-electron chi connectivity index (χ3n) is 3.67. The van der Waals surface area contributed by atoms with Crippen molar-refractivity contribution in [1.82, 2.24) is 25.5 Å². The number of hydrogen-bond acceptors (Lipinski definition) is 5. The van der Waals surface area contributed by atoms with Crippen LogP contribution in [0.2, 0.25) is 5.02 Å². The average molecular weight is 382 g/mol. The highest BCUT2D eigenvalue weighted by Gasteiger charge is 2.13. The van der Waals surface area contributed by atoms with Gasteiger partial charge in [0.1, 0.15) is 0 Å². The molecule has 0 saturated heterocycles. The summed E-state index contributed by atoms with van der Waals surface area (Å²) in [6, 6.07) is 7.40. The molecule has 1 aromatic heterocycles. The Morgan fingerprint density at radius 1 is 1.24 bits per heavy atom. The molecule has 0 fully saturated rings. The highest BCUT2D eigenvalue weighted by Crippen LogP contribution is 2.19. The van der Waals surface area contributed by atoms with Gasteiger partial charge in [-0.15, -0.1) is 5.10 Å².